The number of benzene rings is 2. The van der Waals surface area contributed by atoms with Gasteiger partial charge in [0, 0.05) is 19.3 Å². The van der Waals surface area contributed by atoms with Gasteiger partial charge in [-0.05, 0) is 35.2 Å². The molecule has 0 saturated carbocycles. The number of carbonyl (C=O) groups is 1. The summed E-state index contributed by atoms with van der Waals surface area (Å²) in [5, 5.41) is 6.19. The van der Waals surface area contributed by atoms with Crippen molar-refractivity contribution in [3.8, 4) is 0 Å². The Morgan fingerprint density at radius 2 is 1.85 bits per heavy atom. The molecular formula is C20H24N2O3S. The predicted molar refractivity (Wildman–Crippen MR) is 102 cm³/mol. The third-order valence-corrected chi connectivity index (χ3v) is 5.89. The molecule has 26 heavy (non-hydrogen) atoms. The van der Waals surface area contributed by atoms with Crippen LogP contribution < -0.4 is 10.6 Å². The summed E-state index contributed by atoms with van der Waals surface area (Å²) in [5.74, 6) is -0.0522. The van der Waals surface area contributed by atoms with E-state index in [1.54, 1.807) is 18.2 Å². The molecule has 0 spiro atoms. The van der Waals surface area contributed by atoms with Crippen molar-refractivity contribution in [1.82, 2.24) is 10.6 Å². The minimum atomic E-state index is -3.31. The van der Waals surface area contributed by atoms with Gasteiger partial charge in [0.05, 0.1) is 16.9 Å². The lowest BCUT2D eigenvalue weighted by atomic mass is 9.95. The van der Waals surface area contributed by atoms with E-state index >= 15 is 0 Å². The van der Waals surface area contributed by atoms with Gasteiger partial charge in [-0.1, -0.05) is 43.3 Å². The topological polar surface area (TPSA) is 75.3 Å². The van der Waals surface area contributed by atoms with Crippen LogP contribution in [-0.4, -0.2) is 33.7 Å². The number of aryl methyl sites for hydroxylation is 1. The summed E-state index contributed by atoms with van der Waals surface area (Å²) in [4.78, 5) is 12.8. The molecule has 5 nitrogen and oxygen atoms in total. The maximum absolute atomic E-state index is 12.5. The normalized spacial score (nSPS) is 15.9. The van der Waals surface area contributed by atoms with Gasteiger partial charge in [0.2, 0.25) is 5.91 Å². The molecule has 1 aliphatic heterocycles. The Kier molecular flexibility index (Phi) is 5.44. The molecule has 138 valence electrons. The predicted octanol–water partition coefficient (Wildman–Crippen LogP) is 2.08. The molecule has 1 saturated heterocycles. The third-order valence-electron chi connectivity index (χ3n) is 4.78. The average molecular weight is 372 g/mol. The molecule has 2 aromatic rings. The van der Waals surface area contributed by atoms with Crippen LogP contribution in [0.5, 0.6) is 0 Å². The highest BCUT2D eigenvalue weighted by Gasteiger charge is 2.28. The molecule has 0 aromatic heterocycles. The van der Waals surface area contributed by atoms with E-state index in [2.05, 4.69) is 17.6 Å². The second-order valence-corrected chi connectivity index (χ2v) is 8.75. The zero-order chi connectivity index (χ0) is 18.7. The maximum Gasteiger partial charge on any atom is 0.226 e. The van der Waals surface area contributed by atoms with Gasteiger partial charge in [-0.25, -0.2) is 8.42 Å². The summed E-state index contributed by atoms with van der Waals surface area (Å²) in [6, 6.07) is 14.5. The third kappa shape index (κ3) is 4.14. The number of rotatable bonds is 6. The molecule has 3 rings (SSSR count). The smallest absolute Gasteiger partial charge is 0.226 e. The fourth-order valence-electron chi connectivity index (χ4n) is 2.96. The molecule has 0 aliphatic carbocycles. The Morgan fingerprint density at radius 3 is 2.38 bits per heavy atom. The Morgan fingerprint density at radius 1 is 1.15 bits per heavy atom. The monoisotopic (exact) mass is 372 g/mol. The van der Waals surface area contributed by atoms with E-state index in [0.29, 0.717) is 13.1 Å². The maximum atomic E-state index is 12.5. The zero-order valence-electron chi connectivity index (χ0n) is 15.0. The van der Waals surface area contributed by atoms with Gasteiger partial charge in [-0.2, -0.15) is 0 Å². The van der Waals surface area contributed by atoms with Crippen LogP contribution in [0.3, 0.4) is 0 Å². The van der Waals surface area contributed by atoms with Crippen LogP contribution in [0.4, 0.5) is 0 Å². The Hall–Kier alpha value is -2.18. The first-order valence-corrected chi connectivity index (χ1v) is 10.7. The quantitative estimate of drug-likeness (QED) is 0.814. The first kappa shape index (κ1) is 18.6. The molecule has 0 radical (unpaired) electrons. The fourth-order valence-corrected chi connectivity index (χ4v) is 3.64. The minimum absolute atomic E-state index is 0.0157. The van der Waals surface area contributed by atoms with Crippen LogP contribution in [0.1, 0.15) is 29.7 Å². The first-order valence-electron chi connectivity index (χ1n) is 8.78. The molecule has 1 atom stereocenters. The SMILES string of the molecule is CCc1ccc(C(NC(=O)C2CNC2)c2cccc(S(C)(=O)=O)c2)cc1. The lowest BCUT2D eigenvalue weighted by Crippen LogP contribution is -2.51. The zero-order valence-corrected chi connectivity index (χ0v) is 15.8. The van der Waals surface area contributed by atoms with Crippen molar-refractivity contribution in [3.05, 3.63) is 65.2 Å². The molecule has 1 amide bonds. The number of amides is 1. The summed E-state index contributed by atoms with van der Waals surface area (Å²) in [5.41, 5.74) is 2.91. The van der Waals surface area contributed by atoms with Gasteiger partial charge in [-0.15, -0.1) is 0 Å². The Balaban J connectivity index is 1.97. The Labute approximate surface area is 154 Å². The van der Waals surface area contributed by atoms with Crippen molar-refractivity contribution in [2.45, 2.75) is 24.3 Å². The van der Waals surface area contributed by atoms with Crippen LogP contribution >= 0.6 is 0 Å². The highest BCUT2D eigenvalue weighted by molar-refractivity contribution is 7.90. The number of sulfone groups is 1. The van der Waals surface area contributed by atoms with Crippen molar-refractivity contribution in [1.29, 1.82) is 0 Å². The highest BCUT2D eigenvalue weighted by atomic mass is 32.2. The van der Waals surface area contributed by atoms with Crippen LogP contribution in [0.15, 0.2) is 53.4 Å². The molecule has 1 unspecified atom stereocenters. The van der Waals surface area contributed by atoms with E-state index < -0.39 is 9.84 Å². The van der Waals surface area contributed by atoms with E-state index in [-0.39, 0.29) is 22.8 Å². The molecule has 1 fully saturated rings. The molecule has 2 aromatic carbocycles. The number of hydrogen-bond acceptors (Lipinski definition) is 4. The Bertz CT molecular complexity index is 888. The van der Waals surface area contributed by atoms with Crippen molar-refractivity contribution in [2.75, 3.05) is 19.3 Å². The first-order chi connectivity index (χ1) is 12.4. The summed E-state index contributed by atoms with van der Waals surface area (Å²) in [6.07, 6.45) is 2.13. The fraction of sp³-hybridized carbons (Fsp3) is 0.350. The average Bonchev–Trinajstić information content (AvgIpc) is 2.58. The highest BCUT2D eigenvalue weighted by Crippen LogP contribution is 2.25. The van der Waals surface area contributed by atoms with Gasteiger partial charge < -0.3 is 10.6 Å². The van der Waals surface area contributed by atoms with Gasteiger partial charge >= 0.3 is 0 Å². The minimum Gasteiger partial charge on any atom is -0.345 e. The summed E-state index contributed by atoms with van der Waals surface area (Å²) < 4.78 is 23.8. The lowest BCUT2D eigenvalue weighted by molar-refractivity contribution is -0.126. The second-order valence-electron chi connectivity index (χ2n) is 6.74. The molecular weight excluding hydrogens is 348 g/mol. The van der Waals surface area contributed by atoms with E-state index in [9.17, 15) is 13.2 Å². The standard InChI is InChI=1S/C20H24N2O3S/c1-3-14-7-9-15(10-8-14)19(22-20(23)17-12-21-13-17)16-5-4-6-18(11-16)26(2,24)25/h4-11,17,19,21H,3,12-13H2,1-2H3,(H,22,23). The van der Waals surface area contributed by atoms with E-state index in [0.717, 1.165) is 17.5 Å². The molecule has 6 heteroatoms. The molecule has 0 bridgehead atoms. The van der Waals surface area contributed by atoms with Crippen molar-refractivity contribution < 1.29 is 13.2 Å². The van der Waals surface area contributed by atoms with Crippen LogP contribution in [-0.2, 0) is 21.1 Å². The van der Waals surface area contributed by atoms with E-state index in [1.165, 1.54) is 11.8 Å². The van der Waals surface area contributed by atoms with Gasteiger partial charge in [0.1, 0.15) is 0 Å². The summed E-state index contributed by atoms with van der Waals surface area (Å²) >= 11 is 0. The summed E-state index contributed by atoms with van der Waals surface area (Å²) in [6.45, 7) is 3.45. The summed E-state index contributed by atoms with van der Waals surface area (Å²) in [7, 11) is -3.31. The molecule has 1 heterocycles. The molecule has 2 N–H and O–H groups in total. The van der Waals surface area contributed by atoms with Crippen molar-refractivity contribution in [2.24, 2.45) is 5.92 Å². The largest absolute Gasteiger partial charge is 0.345 e. The van der Waals surface area contributed by atoms with Gasteiger partial charge in [0.15, 0.2) is 9.84 Å². The lowest BCUT2D eigenvalue weighted by Gasteiger charge is -2.29. The van der Waals surface area contributed by atoms with Crippen molar-refractivity contribution in [3.63, 3.8) is 0 Å². The number of hydrogen-bond donors (Lipinski definition) is 2. The number of nitrogens with one attached hydrogen (secondary N) is 2. The number of carbonyl (C=O) groups excluding carboxylic acids is 1. The van der Waals surface area contributed by atoms with E-state index in [1.807, 2.05) is 30.3 Å². The second kappa shape index (κ2) is 7.60. The molecule has 1 aliphatic rings. The van der Waals surface area contributed by atoms with Crippen LogP contribution in [0.25, 0.3) is 0 Å². The van der Waals surface area contributed by atoms with Crippen LogP contribution in [0, 0.1) is 5.92 Å². The van der Waals surface area contributed by atoms with Gasteiger partial charge in [-0.3, -0.25) is 4.79 Å². The van der Waals surface area contributed by atoms with E-state index in [4.69, 9.17) is 0 Å². The van der Waals surface area contributed by atoms with Crippen molar-refractivity contribution >= 4 is 15.7 Å². The van der Waals surface area contributed by atoms with Crippen LogP contribution in [0.2, 0.25) is 0 Å². The van der Waals surface area contributed by atoms with Gasteiger partial charge in [0.25, 0.3) is 0 Å².